The number of amides is 2. The van der Waals surface area contributed by atoms with Crippen LogP contribution in [0.2, 0.25) is 0 Å². The number of benzene rings is 1. The molecule has 2 N–H and O–H groups in total. The molecular weight excluding hydrogens is 256 g/mol. The highest BCUT2D eigenvalue weighted by atomic mass is 16.4. The molecule has 110 valence electrons. The first kappa shape index (κ1) is 16.0. The number of unbranched alkanes of at least 4 members (excludes halogenated alkanes) is 1. The zero-order chi connectivity index (χ0) is 14.8. The monoisotopic (exact) mass is 278 g/mol. The summed E-state index contributed by atoms with van der Waals surface area (Å²) in [5, 5.41) is 11.3. The fourth-order valence-electron chi connectivity index (χ4n) is 1.77. The van der Waals surface area contributed by atoms with E-state index in [0.29, 0.717) is 25.9 Å². The van der Waals surface area contributed by atoms with Gasteiger partial charge in [0.15, 0.2) is 0 Å². The number of hydrogen-bond acceptors (Lipinski definition) is 2. The molecule has 20 heavy (non-hydrogen) atoms. The maximum atomic E-state index is 11.8. The van der Waals surface area contributed by atoms with Gasteiger partial charge in [-0.3, -0.25) is 4.79 Å². The molecule has 0 fully saturated rings. The van der Waals surface area contributed by atoms with Crippen molar-refractivity contribution in [2.75, 3.05) is 20.1 Å². The average molecular weight is 278 g/mol. The van der Waals surface area contributed by atoms with Gasteiger partial charge in [0.25, 0.3) is 0 Å². The summed E-state index contributed by atoms with van der Waals surface area (Å²) in [6, 6.07) is 9.90. The van der Waals surface area contributed by atoms with E-state index in [-0.39, 0.29) is 12.5 Å². The van der Waals surface area contributed by atoms with Crippen molar-refractivity contribution in [3.63, 3.8) is 0 Å². The number of aliphatic carboxylic acids is 1. The van der Waals surface area contributed by atoms with E-state index in [1.54, 1.807) is 11.9 Å². The van der Waals surface area contributed by atoms with Gasteiger partial charge < -0.3 is 15.3 Å². The third-order valence-electron chi connectivity index (χ3n) is 3.02. The first-order valence-electron chi connectivity index (χ1n) is 6.84. The Labute approximate surface area is 119 Å². The van der Waals surface area contributed by atoms with E-state index in [1.165, 1.54) is 5.56 Å². The molecule has 1 aromatic carbocycles. The SMILES string of the molecule is CN(CCc1ccccc1)C(=O)NCCCCC(=O)O. The van der Waals surface area contributed by atoms with Crippen LogP contribution in [0.3, 0.4) is 0 Å². The van der Waals surface area contributed by atoms with E-state index in [0.717, 1.165) is 6.42 Å². The van der Waals surface area contributed by atoms with Gasteiger partial charge in [-0.25, -0.2) is 4.79 Å². The molecular formula is C15H22N2O3. The lowest BCUT2D eigenvalue weighted by Crippen LogP contribution is -2.38. The number of likely N-dealkylation sites (N-methyl/N-ethyl adjacent to an activating group) is 1. The fourth-order valence-corrected chi connectivity index (χ4v) is 1.77. The van der Waals surface area contributed by atoms with Crippen molar-refractivity contribution in [3.05, 3.63) is 35.9 Å². The van der Waals surface area contributed by atoms with Crippen LogP contribution in [0.25, 0.3) is 0 Å². The molecule has 0 heterocycles. The Morgan fingerprint density at radius 1 is 1.20 bits per heavy atom. The van der Waals surface area contributed by atoms with Crippen LogP contribution in [0.15, 0.2) is 30.3 Å². The number of nitrogens with zero attached hydrogens (tertiary/aromatic N) is 1. The molecule has 0 aliphatic heterocycles. The van der Waals surface area contributed by atoms with Crippen LogP contribution < -0.4 is 5.32 Å². The standard InChI is InChI=1S/C15H22N2O3/c1-17(12-10-13-7-3-2-4-8-13)15(20)16-11-6-5-9-14(18)19/h2-4,7-8H,5-6,9-12H2,1H3,(H,16,20)(H,18,19). The largest absolute Gasteiger partial charge is 0.481 e. The lowest BCUT2D eigenvalue weighted by atomic mass is 10.1. The van der Waals surface area contributed by atoms with E-state index in [2.05, 4.69) is 5.32 Å². The summed E-state index contributed by atoms with van der Waals surface area (Å²) in [6.07, 6.45) is 2.25. The van der Waals surface area contributed by atoms with E-state index in [9.17, 15) is 9.59 Å². The van der Waals surface area contributed by atoms with Crippen LogP contribution in [0, 0.1) is 0 Å². The number of urea groups is 1. The zero-order valence-electron chi connectivity index (χ0n) is 11.8. The number of nitrogens with one attached hydrogen (secondary N) is 1. The highest BCUT2D eigenvalue weighted by molar-refractivity contribution is 5.73. The lowest BCUT2D eigenvalue weighted by Gasteiger charge is -2.17. The predicted octanol–water partition coefficient (Wildman–Crippen LogP) is 2.13. The highest BCUT2D eigenvalue weighted by Gasteiger charge is 2.07. The summed E-state index contributed by atoms with van der Waals surface area (Å²) in [5.74, 6) is -0.795. The normalized spacial score (nSPS) is 10.1. The molecule has 5 heteroatoms. The summed E-state index contributed by atoms with van der Waals surface area (Å²) in [6.45, 7) is 1.17. The van der Waals surface area contributed by atoms with Crippen molar-refractivity contribution < 1.29 is 14.7 Å². The minimum Gasteiger partial charge on any atom is -0.481 e. The Morgan fingerprint density at radius 3 is 2.55 bits per heavy atom. The number of carbonyl (C=O) groups excluding carboxylic acids is 1. The van der Waals surface area contributed by atoms with Crippen LogP contribution >= 0.6 is 0 Å². The van der Waals surface area contributed by atoms with E-state index < -0.39 is 5.97 Å². The van der Waals surface area contributed by atoms with Crippen molar-refractivity contribution in [1.29, 1.82) is 0 Å². The number of carboxylic acid groups (broad SMARTS) is 1. The number of carboxylic acids is 1. The Bertz CT molecular complexity index is 420. The Balaban J connectivity index is 2.14. The van der Waals surface area contributed by atoms with Crippen molar-refractivity contribution in [2.45, 2.75) is 25.7 Å². The molecule has 0 saturated heterocycles. The molecule has 0 bridgehead atoms. The second-order valence-electron chi connectivity index (χ2n) is 4.74. The molecule has 1 aromatic rings. The smallest absolute Gasteiger partial charge is 0.317 e. The van der Waals surface area contributed by atoms with Crippen LogP contribution in [-0.2, 0) is 11.2 Å². The van der Waals surface area contributed by atoms with Gasteiger partial charge in [-0.2, -0.15) is 0 Å². The average Bonchev–Trinajstić information content (AvgIpc) is 2.45. The highest BCUT2D eigenvalue weighted by Crippen LogP contribution is 2.01. The number of carbonyl (C=O) groups is 2. The van der Waals surface area contributed by atoms with Crippen molar-refractivity contribution in [3.8, 4) is 0 Å². The minimum absolute atomic E-state index is 0.115. The van der Waals surface area contributed by atoms with Crippen LogP contribution in [-0.4, -0.2) is 42.1 Å². The molecule has 0 aliphatic carbocycles. The summed E-state index contributed by atoms with van der Waals surface area (Å²) in [5.41, 5.74) is 1.20. The van der Waals surface area contributed by atoms with Gasteiger partial charge in [0.05, 0.1) is 0 Å². The van der Waals surface area contributed by atoms with E-state index in [4.69, 9.17) is 5.11 Å². The predicted molar refractivity (Wildman–Crippen MR) is 77.7 cm³/mol. The molecule has 2 amide bonds. The topological polar surface area (TPSA) is 69.6 Å². The Kier molecular flexibility index (Phi) is 7.17. The molecule has 0 unspecified atom stereocenters. The Morgan fingerprint density at radius 2 is 1.90 bits per heavy atom. The quantitative estimate of drug-likeness (QED) is 0.716. The van der Waals surface area contributed by atoms with Gasteiger partial charge in [0.1, 0.15) is 0 Å². The molecule has 1 rings (SSSR count). The van der Waals surface area contributed by atoms with Crippen LogP contribution in [0.5, 0.6) is 0 Å². The summed E-state index contributed by atoms with van der Waals surface area (Å²) in [7, 11) is 1.76. The summed E-state index contributed by atoms with van der Waals surface area (Å²) < 4.78 is 0. The second-order valence-corrected chi connectivity index (χ2v) is 4.74. The van der Waals surface area contributed by atoms with Crippen LogP contribution in [0.1, 0.15) is 24.8 Å². The third-order valence-corrected chi connectivity index (χ3v) is 3.02. The second kappa shape index (κ2) is 8.96. The molecule has 0 aliphatic rings. The molecule has 0 saturated carbocycles. The van der Waals surface area contributed by atoms with Crippen molar-refractivity contribution in [1.82, 2.24) is 10.2 Å². The molecule has 0 atom stereocenters. The first-order chi connectivity index (χ1) is 9.59. The van der Waals surface area contributed by atoms with Gasteiger partial charge in [0.2, 0.25) is 0 Å². The van der Waals surface area contributed by atoms with Crippen molar-refractivity contribution in [2.24, 2.45) is 0 Å². The van der Waals surface area contributed by atoms with Gasteiger partial charge in [-0.05, 0) is 24.8 Å². The molecule has 0 aromatic heterocycles. The minimum atomic E-state index is -0.795. The zero-order valence-corrected chi connectivity index (χ0v) is 11.8. The molecule has 5 nitrogen and oxygen atoms in total. The third kappa shape index (κ3) is 6.78. The summed E-state index contributed by atoms with van der Waals surface area (Å²) in [4.78, 5) is 23.7. The maximum Gasteiger partial charge on any atom is 0.317 e. The van der Waals surface area contributed by atoms with Gasteiger partial charge >= 0.3 is 12.0 Å². The fraction of sp³-hybridized carbons (Fsp3) is 0.467. The van der Waals surface area contributed by atoms with Gasteiger partial charge in [-0.1, -0.05) is 30.3 Å². The van der Waals surface area contributed by atoms with Gasteiger partial charge in [0, 0.05) is 26.6 Å². The number of rotatable bonds is 8. The number of hydrogen-bond donors (Lipinski definition) is 2. The first-order valence-corrected chi connectivity index (χ1v) is 6.84. The molecule has 0 spiro atoms. The van der Waals surface area contributed by atoms with Gasteiger partial charge in [-0.15, -0.1) is 0 Å². The lowest BCUT2D eigenvalue weighted by molar-refractivity contribution is -0.137. The van der Waals surface area contributed by atoms with E-state index in [1.807, 2.05) is 30.3 Å². The maximum absolute atomic E-state index is 11.8. The summed E-state index contributed by atoms with van der Waals surface area (Å²) >= 11 is 0. The van der Waals surface area contributed by atoms with Crippen molar-refractivity contribution >= 4 is 12.0 Å². The Hall–Kier alpha value is -2.04. The van der Waals surface area contributed by atoms with Crippen LogP contribution in [0.4, 0.5) is 4.79 Å². The van der Waals surface area contributed by atoms with E-state index >= 15 is 0 Å². The molecule has 0 radical (unpaired) electrons.